The van der Waals surface area contributed by atoms with Gasteiger partial charge in [0.1, 0.15) is 0 Å². The van der Waals surface area contributed by atoms with Gasteiger partial charge in [-0.05, 0) is 24.7 Å². The van der Waals surface area contributed by atoms with Crippen LogP contribution in [0.15, 0.2) is 0 Å². The third kappa shape index (κ3) is 6.13. The van der Waals surface area contributed by atoms with Crippen LogP contribution < -0.4 is 0 Å². The van der Waals surface area contributed by atoms with Crippen LogP contribution in [0.3, 0.4) is 0 Å². The Morgan fingerprint density at radius 3 is 2.00 bits per heavy atom. The van der Waals surface area contributed by atoms with E-state index in [1.54, 1.807) is 0 Å². The molecule has 3 atom stereocenters. The van der Waals surface area contributed by atoms with Gasteiger partial charge in [-0.1, -0.05) is 71.6 Å². The second-order valence-electron chi connectivity index (χ2n) is 5.98. The maximum atomic E-state index is 6.27. The smallest absolute Gasteiger partial charge is 0.0364 e. The summed E-state index contributed by atoms with van der Waals surface area (Å²) in [5, 5.41) is 0.467. The molecule has 1 fully saturated rings. The fourth-order valence-electron chi connectivity index (χ4n) is 3.14. The summed E-state index contributed by atoms with van der Waals surface area (Å²) in [6, 6.07) is 0. The Balaban J connectivity index is 1.87. The molecule has 1 aliphatic rings. The van der Waals surface area contributed by atoms with E-state index in [-0.39, 0.29) is 0 Å². The zero-order chi connectivity index (χ0) is 12.5. The Kier molecular flexibility index (Phi) is 8.35. The van der Waals surface area contributed by atoms with E-state index in [1.807, 2.05) is 0 Å². The van der Waals surface area contributed by atoms with Crippen molar-refractivity contribution in [3.05, 3.63) is 0 Å². The summed E-state index contributed by atoms with van der Waals surface area (Å²) in [5.41, 5.74) is 0. The van der Waals surface area contributed by atoms with Gasteiger partial charge in [-0.2, -0.15) is 0 Å². The largest absolute Gasteiger partial charge is 0.123 e. The highest BCUT2D eigenvalue weighted by atomic mass is 35.5. The van der Waals surface area contributed by atoms with Crippen molar-refractivity contribution in [1.82, 2.24) is 0 Å². The number of alkyl halides is 1. The molecule has 0 spiro atoms. The second kappa shape index (κ2) is 9.25. The predicted molar refractivity (Wildman–Crippen MR) is 78.8 cm³/mol. The van der Waals surface area contributed by atoms with E-state index in [1.165, 1.54) is 70.6 Å². The van der Waals surface area contributed by atoms with Crippen LogP contribution in [0.25, 0.3) is 0 Å². The Bertz CT molecular complexity index is 178. The monoisotopic (exact) mass is 258 g/mol. The van der Waals surface area contributed by atoms with Crippen molar-refractivity contribution in [2.45, 2.75) is 89.9 Å². The Morgan fingerprint density at radius 1 is 0.882 bits per heavy atom. The summed E-state index contributed by atoms with van der Waals surface area (Å²) < 4.78 is 0. The molecule has 0 aromatic heterocycles. The summed E-state index contributed by atoms with van der Waals surface area (Å²) in [4.78, 5) is 0. The maximum absolute atomic E-state index is 6.27. The number of rotatable bonds is 9. The third-order valence-corrected chi connectivity index (χ3v) is 5.17. The molecule has 0 aliphatic heterocycles. The molecule has 1 aliphatic carbocycles. The van der Waals surface area contributed by atoms with Crippen molar-refractivity contribution in [1.29, 1.82) is 0 Å². The molecule has 0 radical (unpaired) electrons. The van der Waals surface area contributed by atoms with Gasteiger partial charge >= 0.3 is 0 Å². The molecule has 0 nitrogen and oxygen atoms in total. The number of hydrogen-bond acceptors (Lipinski definition) is 0. The van der Waals surface area contributed by atoms with E-state index in [4.69, 9.17) is 11.6 Å². The first kappa shape index (κ1) is 15.3. The average Bonchev–Trinajstić information content (AvgIpc) is 2.64. The molecule has 0 heterocycles. The maximum Gasteiger partial charge on any atom is 0.0364 e. The Labute approximate surface area is 114 Å². The van der Waals surface area contributed by atoms with E-state index >= 15 is 0 Å². The topological polar surface area (TPSA) is 0 Å². The first-order valence-electron chi connectivity index (χ1n) is 7.89. The summed E-state index contributed by atoms with van der Waals surface area (Å²) in [5.74, 6) is 1.69. The molecule has 17 heavy (non-hydrogen) atoms. The van der Waals surface area contributed by atoms with Crippen LogP contribution in [0.1, 0.15) is 84.5 Å². The molecule has 0 aromatic rings. The molecule has 1 saturated carbocycles. The molecular formula is C16H31Cl. The average molecular weight is 259 g/mol. The molecule has 0 saturated heterocycles. The van der Waals surface area contributed by atoms with Gasteiger partial charge in [0, 0.05) is 5.38 Å². The van der Waals surface area contributed by atoms with Crippen LogP contribution in [0.2, 0.25) is 0 Å². The van der Waals surface area contributed by atoms with Crippen molar-refractivity contribution in [2.24, 2.45) is 11.8 Å². The van der Waals surface area contributed by atoms with Crippen LogP contribution in [-0.4, -0.2) is 5.38 Å². The first-order valence-corrected chi connectivity index (χ1v) is 8.33. The van der Waals surface area contributed by atoms with Crippen molar-refractivity contribution >= 4 is 11.6 Å². The minimum Gasteiger partial charge on any atom is -0.123 e. The SMILES string of the molecule is CCCCCCCCCCC1CCC(Cl)C1C. The molecule has 0 amide bonds. The van der Waals surface area contributed by atoms with Gasteiger partial charge < -0.3 is 0 Å². The highest BCUT2D eigenvalue weighted by molar-refractivity contribution is 6.20. The molecule has 1 rings (SSSR count). The van der Waals surface area contributed by atoms with Gasteiger partial charge in [-0.3, -0.25) is 0 Å². The molecule has 1 heteroatoms. The van der Waals surface area contributed by atoms with Gasteiger partial charge in [0.15, 0.2) is 0 Å². The van der Waals surface area contributed by atoms with E-state index in [0.29, 0.717) is 5.38 Å². The number of unbranched alkanes of at least 4 members (excludes halogenated alkanes) is 7. The predicted octanol–water partition coefficient (Wildman–Crippen LogP) is 6.17. The lowest BCUT2D eigenvalue weighted by Gasteiger charge is -2.16. The molecule has 0 bridgehead atoms. The second-order valence-corrected chi connectivity index (χ2v) is 6.54. The summed E-state index contributed by atoms with van der Waals surface area (Å²) >= 11 is 6.27. The quantitative estimate of drug-likeness (QED) is 0.343. The Hall–Kier alpha value is 0.290. The van der Waals surface area contributed by atoms with Crippen molar-refractivity contribution in [3.8, 4) is 0 Å². The van der Waals surface area contributed by atoms with E-state index in [9.17, 15) is 0 Å². The summed E-state index contributed by atoms with van der Waals surface area (Å²) in [6.07, 6.45) is 15.6. The molecule has 102 valence electrons. The summed E-state index contributed by atoms with van der Waals surface area (Å²) in [7, 11) is 0. The fraction of sp³-hybridized carbons (Fsp3) is 1.00. The van der Waals surface area contributed by atoms with Crippen LogP contribution in [0, 0.1) is 11.8 Å². The number of halogens is 1. The van der Waals surface area contributed by atoms with E-state index in [2.05, 4.69) is 13.8 Å². The fourth-order valence-corrected chi connectivity index (χ4v) is 3.47. The molecule has 0 aromatic carbocycles. The van der Waals surface area contributed by atoms with Gasteiger partial charge in [0.2, 0.25) is 0 Å². The standard InChI is InChI=1S/C16H31Cl/c1-3-4-5-6-7-8-9-10-11-15-12-13-16(17)14(15)2/h14-16H,3-13H2,1-2H3. The van der Waals surface area contributed by atoms with Gasteiger partial charge in [0.25, 0.3) is 0 Å². The number of hydrogen-bond donors (Lipinski definition) is 0. The lowest BCUT2D eigenvalue weighted by molar-refractivity contribution is 0.375. The first-order chi connectivity index (χ1) is 8.25. The van der Waals surface area contributed by atoms with Crippen LogP contribution in [0.4, 0.5) is 0 Å². The van der Waals surface area contributed by atoms with Gasteiger partial charge in [-0.25, -0.2) is 0 Å². The van der Waals surface area contributed by atoms with Gasteiger partial charge in [0.05, 0.1) is 0 Å². The molecule has 0 N–H and O–H groups in total. The van der Waals surface area contributed by atoms with E-state index in [0.717, 1.165) is 11.8 Å². The van der Waals surface area contributed by atoms with Crippen LogP contribution >= 0.6 is 11.6 Å². The normalized spacial score (nSPS) is 28.8. The minimum absolute atomic E-state index is 0.467. The molecular weight excluding hydrogens is 228 g/mol. The van der Waals surface area contributed by atoms with Crippen molar-refractivity contribution < 1.29 is 0 Å². The molecule has 3 unspecified atom stereocenters. The lowest BCUT2D eigenvalue weighted by Crippen LogP contribution is -2.10. The highest BCUT2D eigenvalue weighted by Gasteiger charge is 2.30. The highest BCUT2D eigenvalue weighted by Crippen LogP contribution is 2.38. The lowest BCUT2D eigenvalue weighted by atomic mass is 9.92. The van der Waals surface area contributed by atoms with Crippen molar-refractivity contribution in [3.63, 3.8) is 0 Å². The van der Waals surface area contributed by atoms with Gasteiger partial charge in [-0.15, -0.1) is 11.6 Å². The van der Waals surface area contributed by atoms with E-state index < -0.39 is 0 Å². The zero-order valence-corrected chi connectivity index (χ0v) is 12.6. The third-order valence-electron chi connectivity index (χ3n) is 4.56. The minimum atomic E-state index is 0.467. The Morgan fingerprint density at radius 2 is 1.47 bits per heavy atom. The van der Waals surface area contributed by atoms with Crippen molar-refractivity contribution in [2.75, 3.05) is 0 Å². The summed E-state index contributed by atoms with van der Waals surface area (Å²) in [6.45, 7) is 4.63. The van der Waals surface area contributed by atoms with Crippen LogP contribution in [0.5, 0.6) is 0 Å². The zero-order valence-electron chi connectivity index (χ0n) is 11.9. The van der Waals surface area contributed by atoms with Crippen LogP contribution in [-0.2, 0) is 0 Å².